The molecule has 1 aliphatic heterocycles. The van der Waals surface area contributed by atoms with Crippen molar-refractivity contribution in [3.05, 3.63) is 29.8 Å². The summed E-state index contributed by atoms with van der Waals surface area (Å²) in [5.41, 5.74) is 0.915. The molecule has 1 aliphatic rings. The van der Waals surface area contributed by atoms with Crippen molar-refractivity contribution in [3.63, 3.8) is 0 Å². The van der Waals surface area contributed by atoms with Crippen LogP contribution in [0.25, 0.3) is 0 Å². The lowest BCUT2D eigenvalue weighted by Gasteiger charge is -2.23. The molecule has 1 saturated heterocycles. The molecule has 0 aromatic heterocycles. The van der Waals surface area contributed by atoms with Crippen molar-refractivity contribution in [2.24, 2.45) is 0 Å². The van der Waals surface area contributed by atoms with Crippen molar-refractivity contribution in [2.75, 3.05) is 19.8 Å². The van der Waals surface area contributed by atoms with Crippen molar-refractivity contribution in [1.29, 1.82) is 0 Å². The summed E-state index contributed by atoms with van der Waals surface area (Å²) >= 11 is 0. The first-order valence-electron chi connectivity index (χ1n) is 6.32. The molecule has 1 aromatic rings. The minimum Gasteiger partial charge on any atom is -0.488 e. The first-order chi connectivity index (χ1) is 8.88. The highest BCUT2D eigenvalue weighted by Crippen LogP contribution is 2.18. The number of hydrogen-bond acceptors (Lipinski definition) is 3. The molecule has 1 heterocycles. The van der Waals surface area contributed by atoms with Gasteiger partial charge in [0, 0.05) is 18.6 Å². The Labute approximate surface area is 108 Å². The van der Waals surface area contributed by atoms with Crippen molar-refractivity contribution in [3.8, 4) is 17.6 Å². The highest BCUT2D eigenvalue weighted by atomic mass is 16.5. The zero-order valence-electron chi connectivity index (χ0n) is 10.4. The van der Waals surface area contributed by atoms with E-state index in [1.54, 1.807) is 0 Å². The van der Waals surface area contributed by atoms with E-state index in [1.165, 1.54) is 0 Å². The predicted molar refractivity (Wildman–Crippen MR) is 69.5 cm³/mol. The topological polar surface area (TPSA) is 38.7 Å². The summed E-state index contributed by atoms with van der Waals surface area (Å²) in [7, 11) is 0. The summed E-state index contributed by atoms with van der Waals surface area (Å²) in [5, 5.41) is 8.67. The van der Waals surface area contributed by atoms with Gasteiger partial charge < -0.3 is 14.6 Å². The summed E-state index contributed by atoms with van der Waals surface area (Å²) in [6, 6.07) is 7.74. The van der Waals surface area contributed by atoms with Gasteiger partial charge in [-0.1, -0.05) is 17.9 Å². The average Bonchev–Trinajstić information content (AvgIpc) is 2.41. The van der Waals surface area contributed by atoms with Gasteiger partial charge in [0.15, 0.2) is 0 Å². The predicted octanol–water partition coefficient (Wildman–Crippen LogP) is 1.98. The van der Waals surface area contributed by atoms with Gasteiger partial charge in [0.25, 0.3) is 0 Å². The van der Waals surface area contributed by atoms with E-state index in [9.17, 15) is 0 Å². The number of ether oxygens (including phenoxy) is 2. The molecule has 96 valence electrons. The van der Waals surface area contributed by atoms with Crippen molar-refractivity contribution in [1.82, 2.24) is 0 Å². The summed E-state index contributed by atoms with van der Waals surface area (Å²) in [6.07, 6.45) is 2.75. The highest BCUT2D eigenvalue weighted by molar-refractivity contribution is 5.39. The van der Waals surface area contributed by atoms with E-state index < -0.39 is 0 Å². The minimum atomic E-state index is 0.0998. The van der Waals surface area contributed by atoms with E-state index in [0.29, 0.717) is 13.0 Å². The Bertz CT molecular complexity index is 425. The van der Waals surface area contributed by atoms with Gasteiger partial charge >= 0.3 is 0 Å². The summed E-state index contributed by atoms with van der Waals surface area (Å²) in [6.45, 7) is 1.61. The maximum Gasteiger partial charge on any atom is 0.122 e. The van der Waals surface area contributed by atoms with Gasteiger partial charge in [-0.15, -0.1) is 0 Å². The molecule has 1 atom stereocenters. The Hall–Kier alpha value is -1.50. The lowest BCUT2D eigenvalue weighted by molar-refractivity contribution is 0.00742. The molecular weight excluding hydrogens is 228 g/mol. The lowest BCUT2D eigenvalue weighted by atomic mass is 10.1. The van der Waals surface area contributed by atoms with Crippen molar-refractivity contribution in [2.45, 2.75) is 25.4 Å². The van der Waals surface area contributed by atoms with E-state index in [-0.39, 0.29) is 12.7 Å². The standard InChI is InChI=1S/C15H18O3/c16-9-2-1-5-13-6-3-7-14(11-13)18-15-8-4-10-17-12-15/h3,6-7,11,15-16H,2,4,8-10,12H2. The molecule has 3 nitrogen and oxygen atoms in total. The second kappa shape index (κ2) is 7.05. The van der Waals surface area contributed by atoms with Gasteiger partial charge in [-0.25, -0.2) is 0 Å². The van der Waals surface area contributed by atoms with E-state index >= 15 is 0 Å². The summed E-state index contributed by atoms with van der Waals surface area (Å²) in [4.78, 5) is 0. The third-order valence-corrected chi connectivity index (χ3v) is 2.72. The fraction of sp³-hybridized carbons (Fsp3) is 0.467. The van der Waals surface area contributed by atoms with Crippen LogP contribution < -0.4 is 4.74 Å². The molecule has 0 radical (unpaired) electrons. The molecule has 1 unspecified atom stereocenters. The average molecular weight is 246 g/mol. The van der Waals surface area contributed by atoms with E-state index in [4.69, 9.17) is 14.6 Å². The molecule has 0 bridgehead atoms. The highest BCUT2D eigenvalue weighted by Gasteiger charge is 2.15. The smallest absolute Gasteiger partial charge is 0.122 e. The molecule has 3 heteroatoms. The number of benzene rings is 1. The molecule has 0 spiro atoms. The molecule has 2 rings (SSSR count). The number of aliphatic hydroxyl groups excluding tert-OH is 1. The lowest BCUT2D eigenvalue weighted by Crippen LogP contribution is -2.27. The van der Waals surface area contributed by atoms with Crippen LogP contribution in [0.15, 0.2) is 24.3 Å². The molecule has 1 N–H and O–H groups in total. The number of rotatable bonds is 3. The third-order valence-electron chi connectivity index (χ3n) is 2.72. The monoisotopic (exact) mass is 246 g/mol. The maximum absolute atomic E-state index is 8.67. The van der Waals surface area contributed by atoms with Crippen LogP contribution in [0.1, 0.15) is 24.8 Å². The van der Waals surface area contributed by atoms with Gasteiger partial charge in [-0.3, -0.25) is 0 Å². The maximum atomic E-state index is 8.67. The Morgan fingerprint density at radius 2 is 2.39 bits per heavy atom. The largest absolute Gasteiger partial charge is 0.488 e. The molecule has 18 heavy (non-hydrogen) atoms. The molecule has 0 amide bonds. The number of hydrogen-bond donors (Lipinski definition) is 1. The van der Waals surface area contributed by atoms with Gasteiger partial charge in [0.2, 0.25) is 0 Å². The summed E-state index contributed by atoms with van der Waals surface area (Å²) in [5.74, 6) is 6.74. The van der Waals surface area contributed by atoms with Crippen LogP contribution in [0.3, 0.4) is 0 Å². The van der Waals surface area contributed by atoms with Crippen LogP contribution in [0, 0.1) is 11.8 Å². The Balaban J connectivity index is 1.96. The minimum absolute atomic E-state index is 0.0998. The molecular formula is C15H18O3. The van der Waals surface area contributed by atoms with Gasteiger partial charge in [-0.05, 0) is 31.0 Å². The van der Waals surface area contributed by atoms with Crippen molar-refractivity contribution >= 4 is 0 Å². The zero-order chi connectivity index (χ0) is 12.6. The SMILES string of the molecule is OCCC#Cc1cccc(OC2CCCOC2)c1. The van der Waals surface area contributed by atoms with E-state index in [0.717, 1.165) is 30.8 Å². The first-order valence-corrected chi connectivity index (χ1v) is 6.32. The van der Waals surface area contributed by atoms with Crippen LogP contribution in [-0.4, -0.2) is 31.0 Å². The summed E-state index contributed by atoms with van der Waals surface area (Å²) < 4.78 is 11.2. The van der Waals surface area contributed by atoms with Crippen LogP contribution >= 0.6 is 0 Å². The second-order valence-electron chi connectivity index (χ2n) is 4.26. The number of aliphatic hydroxyl groups is 1. The molecule has 1 aromatic carbocycles. The molecule has 1 fully saturated rings. The quantitative estimate of drug-likeness (QED) is 0.829. The first kappa shape index (κ1) is 12.9. The Kier molecular flexibility index (Phi) is 5.07. The fourth-order valence-electron chi connectivity index (χ4n) is 1.86. The molecule has 0 aliphatic carbocycles. The third kappa shape index (κ3) is 4.06. The molecule has 0 saturated carbocycles. The van der Waals surface area contributed by atoms with Gasteiger partial charge in [0.1, 0.15) is 11.9 Å². The normalized spacial score (nSPS) is 18.8. The van der Waals surface area contributed by atoms with Gasteiger partial charge in [-0.2, -0.15) is 0 Å². The van der Waals surface area contributed by atoms with Gasteiger partial charge in [0.05, 0.1) is 13.2 Å². The fourth-order valence-corrected chi connectivity index (χ4v) is 1.86. The van der Waals surface area contributed by atoms with Crippen LogP contribution in [0.5, 0.6) is 5.75 Å². The van der Waals surface area contributed by atoms with Crippen LogP contribution in [0.4, 0.5) is 0 Å². The van der Waals surface area contributed by atoms with Crippen molar-refractivity contribution < 1.29 is 14.6 Å². The van der Waals surface area contributed by atoms with Crippen LogP contribution in [0.2, 0.25) is 0 Å². The Morgan fingerprint density at radius 3 is 3.17 bits per heavy atom. The zero-order valence-corrected chi connectivity index (χ0v) is 10.4. The van der Waals surface area contributed by atoms with E-state index in [2.05, 4.69) is 11.8 Å². The van der Waals surface area contributed by atoms with E-state index in [1.807, 2.05) is 24.3 Å². The van der Waals surface area contributed by atoms with Crippen LogP contribution in [-0.2, 0) is 4.74 Å². The Morgan fingerprint density at radius 1 is 1.44 bits per heavy atom. The second-order valence-corrected chi connectivity index (χ2v) is 4.26.